The van der Waals surface area contributed by atoms with Crippen LogP contribution < -0.4 is 21.0 Å². The van der Waals surface area contributed by atoms with Gasteiger partial charge in [0.1, 0.15) is 12.2 Å². The molecule has 2 aromatic heterocycles. The minimum Gasteiger partial charge on any atom is -0.444 e. The second-order valence-corrected chi connectivity index (χ2v) is 15.9. The number of nitrogens with two attached hydrogens (primary N) is 1. The second-order valence-electron chi connectivity index (χ2n) is 12.5. The van der Waals surface area contributed by atoms with Gasteiger partial charge < -0.3 is 19.9 Å². The smallest absolute Gasteiger partial charge is 0.414 e. The number of ether oxygens (including phenoxy) is 3. The Kier molecular flexibility index (Phi) is 16.4. The van der Waals surface area contributed by atoms with E-state index in [9.17, 15) is 19.2 Å². The number of hydrogen-bond acceptors (Lipinski definition) is 13. The summed E-state index contributed by atoms with van der Waals surface area (Å²) in [4.78, 5) is 65.7. The summed E-state index contributed by atoms with van der Waals surface area (Å²) < 4.78 is 16.5. The van der Waals surface area contributed by atoms with E-state index in [-0.39, 0.29) is 23.8 Å². The minimum atomic E-state index is -0.429. The molecule has 2 atom stereocenters. The molecule has 5 heterocycles. The van der Waals surface area contributed by atoms with Crippen LogP contribution in [0, 0.1) is 6.57 Å². The van der Waals surface area contributed by atoms with Crippen molar-refractivity contribution in [2.24, 2.45) is 10.7 Å². The predicted molar refractivity (Wildman–Crippen MR) is 222 cm³/mol. The Morgan fingerprint density at radius 3 is 1.75 bits per heavy atom. The summed E-state index contributed by atoms with van der Waals surface area (Å²) in [7, 11) is 1.63. The molecule has 0 bridgehead atoms. The molecule has 0 radical (unpaired) electrons. The van der Waals surface area contributed by atoms with Crippen molar-refractivity contribution < 1.29 is 38.2 Å². The lowest BCUT2D eigenvalue weighted by atomic mass is 10.1. The summed E-state index contributed by atoms with van der Waals surface area (Å²) in [6.45, 7) is 10.2. The van der Waals surface area contributed by atoms with Crippen LogP contribution in [0.25, 0.3) is 4.85 Å². The van der Waals surface area contributed by atoms with Crippen molar-refractivity contribution >= 4 is 92.5 Å². The van der Waals surface area contributed by atoms with Crippen LogP contribution >= 0.6 is 45.9 Å². The average Bonchev–Trinajstić information content (AvgIpc) is 4.04. The van der Waals surface area contributed by atoms with Gasteiger partial charge in [-0.2, -0.15) is 0 Å². The molecule has 2 aromatic carbocycles. The number of nitrogens with one attached hydrogen (secondary N) is 1. The van der Waals surface area contributed by atoms with Gasteiger partial charge in [-0.05, 0) is 73.5 Å². The molecule has 0 saturated carbocycles. The van der Waals surface area contributed by atoms with E-state index in [2.05, 4.69) is 20.1 Å². The van der Waals surface area contributed by atoms with Gasteiger partial charge in [-0.3, -0.25) is 29.2 Å². The van der Waals surface area contributed by atoms with Crippen LogP contribution in [-0.4, -0.2) is 88.3 Å². The number of thiophene rings is 2. The molecule has 3 aliphatic heterocycles. The maximum atomic E-state index is 12.2. The highest BCUT2D eigenvalue weighted by Crippen LogP contribution is 2.29. The number of ketones is 2. The van der Waals surface area contributed by atoms with Crippen LogP contribution in [0.2, 0.25) is 8.67 Å². The molecule has 14 nitrogen and oxygen atoms in total. The van der Waals surface area contributed by atoms with Gasteiger partial charge in [0.15, 0.2) is 23.1 Å². The Morgan fingerprint density at radius 2 is 1.37 bits per heavy atom. The maximum Gasteiger partial charge on any atom is 0.414 e. The highest BCUT2D eigenvalue weighted by atomic mass is 35.5. The third-order valence-electron chi connectivity index (χ3n) is 8.53. The van der Waals surface area contributed by atoms with Crippen LogP contribution in [0.5, 0.6) is 0 Å². The number of hydroxylamine groups is 1. The fraction of sp³-hybridized carbons (Fsp3) is 0.333. The van der Waals surface area contributed by atoms with Gasteiger partial charge in [0, 0.05) is 43.4 Å². The molecule has 2 saturated heterocycles. The second kappa shape index (κ2) is 21.6. The van der Waals surface area contributed by atoms with Crippen LogP contribution in [0.3, 0.4) is 0 Å². The number of carbonyl (C=O) groups excluding carboxylic acids is 4. The molecule has 0 spiro atoms. The molecule has 7 rings (SSSR count). The van der Waals surface area contributed by atoms with Crippen molar-refractivity contribution in [3.05, 3.63) is 108 Å². The van der Waals surface area contributed by atoms with E-state index in [1.54, 1.807) is 60.5 Å². The first kappa shape index (κ1) is 43.3. The van der Waals surface area contributed by atoms with Gasteiger partial charge in [0.05, 0.1) is 57.8 Å². The number of carbonyl (C=O) groups is 4. The molecule has 3 N–H and O–H groups in total. The summed E-state index contributed by atoms with van der Waals surface area (Å²) in [6.07, 6.45) is 0.0975. The summed E-state index contributed by atoms with van der Waals surface area (Å²) in [5.74, 6) is 0.688. The fourth-order valence-electron chi connectivity index (χ4n) is 5.65. The van der Waals surface area contributed by atoms with Crippen LogP contribution in [0.4, 0.5) is 26.7 Å². The molecule has 0 aliphatic carbocycles. The monoisotopic (exact) mass is 854 g/mol. The number of amides is 2. The number of anilines is 2. The lowest BCUT2D eigenvalue weighted by Crippen LogP contribution is -2.31. The Hall–Kier alpha value is -4.86. The number of nitrogens with zero attached hydrogens (tertiary/aromatic N) is 4. The number of methoxy groups -OCH3 is 1. The zero-order valence-electron chi connectivity index (χ0n) is 30.9. The normalized spacial score (nSPS) is 17.2. The first-order valence-corrected chi connectivity index (χ1v) is 20.2. The summed E-state index contributed by atoms with van der Waals surface area (Å²) in [5.41, 5.74) is 10.6. The number of hydrogen-bond donors (Lipinski definition) is 2. The van der Waals surface area contributed by atoms with Crippen molar-refractivity contribution in [3.63, 3.8) is 0 Å². The van der Waals surface area contributed by atoms with Crippen molar-refractivity contribution in [1.29, 1.82) is 0 Å². The Labute approximate surface area is 347 Å². The lowest BCUT2D eigenvalue weighted by molar-refractivity contribution is 0.0826. The van der Waals surface area contributed by atoms with E-state index in [1.165, 1.54) is 27.6 Å². The molecule has 0 unspecified atom stereocenters. The topological polar surface area (TPSA) is 166 Å². The summed E-state index contributed by atoms with van der Waals surface area (Å²) in [6, 6.07) is 21.0. The molecule has 57 heavy (non-hydrogen) atoms. The summed E-state index contributed by atoms with van der Waals surface area (Å²) in [5, 5.41) is 0. The van der Waals surface area contributed by atoms with Gasteiger partial charge in [-0.25, -0.2) is 19.9 Å². The Balaban J connectivity index is 0.000000197. The van der Waals surface area contributed by atoms with Gasteiger partial charge in [0.2, 0.25) is 0 Å². The minimum absolute atomic E-state index is 0.00260. The first-order chi connectivity index (χ1) is 27.6. The van der Waals surface area contributed by atoms with E-state index in [0.717, 1.165) is 11.3 Å². The van der Waals surface area contributed by atoms with Gasteiger partial charge in [-0.1, -0.05) is 35.3 Å². The molecule has 4 aromatic rings. The first-order valence-electron chi connectivity index (χ1n) is 17.8. The molecule has 3 aliphatic rings. The molecular formula is C39H40Cl2N6O8S2. The van der Waals surface area contributed by atoms with Gasteiger partial charge in [-0.15, -0.1) is 22.7 Å². The Morgan fingerprint density at radius 1 is 0.860 bits per heavy atom. The quantitative estimate of drug-likeness (QED) is 0.0989. The number of benzene rings is 2. The van der Waals surface area contributed by atoms with Crippen LogP contribution in [0.15, 0.2) is 77.8 Å². The van der Waals surface area contributed by atoms with E-state index in [4.69, 9.17) is 49.8 Å². The van der Waals surface area contributed by atoms with Crippen LogP contribution in [-0.2, 0) is 19.0 Å². The van der Waals surface area contributed by atoms with Crippen LogP contribution in [0.1, 0.15) is 50.6 Å². The van der Waals surface area contributed by atoms with E-state index >= 15 is 0 Å². The molecule has 2 amide bonds. The maximum absolute atomic E-state index is 12.2. The Bertz CT molecular complexity index is 2070. The number of halogens is 2. The van der Waals surface area contributed by atoms with Crippen molar-refractivity contribution in [2.45, 2.75) is 37.9 Å². The SMILES string of the molecule is COCCN.O=C(CC[C@H]1CN(c2ccc(C3=NCCON3)cc2)C(=O)O1)c1ccc(Cl)s1.[C-]#[N+]c1ccc(N2C[C@H](CCC(=O)c3ccc(Cl)s3)OC2=O)cc1. The lowest BCUT2D eigenvalue weighted by Gasteiger charge is -2.16. The highest BCUT2D eigenvalue weighted by molar-refractivity contribution is 7.18. The van der Waals surface area contributed by atoms with Gasteiger partial charge in [0.25, 0.3) is 0 Å². The standard InChI is InChI=1S/C19H18ClN3O4S.C17H13ClN2O3S.C3H9NO/c20-17-8-7-16(28-17)15(24)6-5-14-11-23(19(25)27-14)13-3-1-12(2-4-13)18-21-9-10-26-22-18;1-19-11-2-4-12(5-3-11)20-10-13(23-17(20)22)6-7-14(21)15-8-9-16(18)24-15;1-5-3-2-4/h1-4,7-8,14H,5-6,9-11H2,(H,21,22);2-5,8-9,13H,6-7,10H2;2-4H2,1H3/t14-;13-;/m00./s1. The van der Waals surface area contributed by atoms with Crippen molar-refractivity contribution in [3.8, 4) is 0 Å². The molecular weight excluding hydrogens is 816 g/mol. The number of cyclic esters (lactones) is 2. The fourth-order valence-corrected chi connectivity index (χ4v) is 7.67. The predicted octanol–water partition coefficient (Wildman–Crippen LogP) is 8.20. The van der Waals surface area contributed by atoms with Crippen molar-refractivity contribution in [1.82, 2.24) is 5.48 Å². The zero-order chi connectivity index (χ0) is 40.7. The van der Waals surface area contributed by atoms with E-state index < -0.39 is 12.2 Å². The van der Waals surface area contributed by atoms with E-state index in [1.807, 2.05) is 24.3 Å². The third kappa shape index (κ3) is 12.6. The average molecular weight is 856 g/mol. The number of aliphatic imine (C=N–C) groups is 1. The zero-order valence-corrected chi connectivity index (χ0v) is 34.0. The summed E-state index contributed by atoms with van der Waals surface area (Å²) >= 11 is 14.2. The highest BCUT2D eigenvalue weighted by Gasteiger charge is 2.34. The molecule has 2 fully saturated rings. The third-order valence-corrected chi connectivity index (χ3v) is 11.1. The van der Waals surface area contributed by atoms with E-state index in [0.29, 0.717) is 101 Å². The number of Topliss-reactive ketones (excluding diaryl/α,β-unsaturated/α-hetero) is 2. The van der Waals surface area contributed by atoms with Crippen molar-refractivity contribution in [2.75, 3.05) is 56.3 Å². The number of amidine groups is 1. The molecule has 300 valence electrons. The largest absolute Gasteiger partial charge is 0.444 e. The molecule has 18 heteroatoms. The van der Waals surface area contributed by atoms with Gasteiger partial charge >= 0.3 is 12.2 Å². The number of rotatable bonds is 13.